The first-order chi connectivity index (χ1) is 7.22. The van der Waals surface area contributed by atoms with Crippen LogP contribution < -0.4 is 11.1 Å². The van der Waals surface area contributed by atoms with Gasteiger partial charge in [0, 0.05) is 12.7 Å². The zero-order valence-electron chi connectivity index (χ0n) is 8.28. The van der Waals surface area contributed by atoms with Crippen molar-refractivity contribution in [3.8, 4) is 0 Å². The van der Waals surface area contributed by atoms with Crippen molar-refractivity contribution in [1.82, 2.24) is 5.32 Å². The van der Waals surface area contributed by atoms with Gasteiger partial charge in [-0.1, -0.05) is 18.2 Å². The van der Waals surface area contributed by atoms with Gasteiger partial charge in [0.1, 0.15) is 5.70 Å². The molecule has 1 aliphatic rings. The highest BCUT2D eigenvalue weighted by Crippen LogP contribution is 2.25. The lowest BCUT2D eigenvalue weighted by Crippen LogP contribution is -2.33. The number of benzene rings is 1. The molecule has 4 heteroatoms. The molecule has 0 aliphatic carbocycles. The fraction of sp³-hybridized carbons (Fsp3) is 0.182. The van der Waals surface area contributed by atoms with Crippen molar-refractivity contribution in [1.29, 1.82) is 0 Å². The highest BCUT2D eigenvalue weighted by atomic mass is 16.5. The summed E-state index contributed by atoms with van der Waals surface area (Å²) in [6.07, 6.45) is 1.33. The van der Waals surface area contributed by atoms with Crippen LogP contribution in [-0.2, 0) is 9.53 Å². The minimum atomic E-state index is -0.494. The average Bonchev–Trinajstić information content (AvgIpc) is 2.27. The van der Waals surface area contributed by atoms with Crippen LogP contribution in [0.3, 0.4) is 0 Å². The Morgan fingerprint density at radius 1 is 1.67 bits per heavy atom. The second kappa shape index (κ2) is 3.74. The van der Waals surface area contributed by atoms with E-state index in [1.54, 1.807) is 19.3 Å². The topological polar surface area (TPSA) is 64.3 Å². The molecule has 1 aliphatic heterocycles. The molecule has 77 valence electrons. The smallest absolute Gasteiger partial charge is 0.264 e. The Labute approximate surface area is 87.7 Å². The number of fused-ring (bicyclic) bond motifs is 1. The summed E-state index contributed by atoms with van der Waals surface area (Å²) in [6.45, 7) is 0. The molecule has 1 radical (unpaired) electrons. The molecule has 15 heavy (non-hydrogen) atoms. The molecule has 2 rings (SSSR count). The van der Waals surface area contributed by atoms with Gasteiger partial charge in [-0.3, -0.25) is 4.79 Å². The van der Waals surface area contributed by atoms with Crippen LogP contribution in [-0.4, -0.2) is 13.0 Å². The zero-order chi connectivity index (χ0) is 10.8. The van der Waals surface area contributed by atoms with Crippen LogP contribution in [0.15, 0.2) is 23.9 Å². The fourth-order valence-corrected chi connectivity index (χ4v) is 1.55. The number of nitrogens with two attached hydrogens (primary N) is 1. The second-order valence-electron chi connectivity index (χ2n) is 3.22. The number of amides is 1. The summed E-state index contributed by atoms with van der Waals surface area (Å²) in [4.78, 5) is 11.1. The van der Waals surface area contributed by atoms with Crippen LogP contribution in [0, 0.1) is 6.07 Å². The van der Waals surface area contributed by atoms with E-state index in [1.807, 2.05) is 12.1 Å². The Morgan fingerprint density at radius 2 is 2.47 bits per heavy atom. The van der Waals surface area contributed by atoms with Crippen LogP contribution >= 0.6 is 0 Å². The van der Waals surface area contributed by atoms with Crippen molar-refractivity contribution >= 4 is 12.0 Å². The van der Waals surface area contributed by atoms with Crippen LogP contribution in [0.4, 0.5) is 0 Å². The number of ether oxygens (including phenoxy) is 1. The van der Waals surface area contributed by atoms with E-state index in [2.05, 4.69) is 11.4 Å². The number of methoxy groups -OCH3 is 1. The van der Waals surface area contributed by atoms with E-state index >= 15 is 0 Å². The van der Waals surface area contributed by atoms with Crippen LogP contribution in [0.1, 0.15) is 17.4 Å². The SMILES string of the molecule is COC1NC(C(N)=O)=Cc2ccc[c]c21. The summed E-state index contributed by atoms with van der Waals surface area (Å²) in [7, 11) is 1.56. The largest absolute Gasteiger partial charge is 0.364 e. The van der Waals surface area contributed by atoms with Crippen molar-refractivity contribution < 1.29 is 9.53 Å². The Morgan fingerprint density at radius 3 is 3.13 bits per heavy atom. The number of nitrogens with one attached hydrogen (secondary N) is 1. The fourth-order valence-electron chi connectivity index (χ4n) is 1.55. The van der Waals surface area contributed by atoms with Crippen molar-refractivity contribution in [3.05, 3.63) is 41.1 Å². The van der Waals surface area contributed by atoms with Crippen molar-refractivity contribution in [2.45, 2.75) is 6.23 Å². The van der Waals surface area contributed by atoms with Gasteiger partial charge >= 0.3 is 0 Å². The predicted octanol–water partition coefficient (Wildman–Crippen LogP) is 0.561. The van der Waals surface area contributed by atoms with Crippen LogP contribution in [0.25, 0.3) is 6.08 Å². The van der Waals surface area contributed by atoms with Gasteiger partial charge in [-0.2, -0.15) is 0 Å². The summed E-state index contributed by atoms with van der Waals surface area (Å²) in [5, 5.41) is 2.89. The number of hydrogen-bond donors (Lipinski definition) is 2. The van der Waals surface area contributed by atoms with Gasteiger partial charge in [-0.05, 0) is 17.7 Å². The molecule has 3 N–H and O–H groups in total. The molecule has 0 saturated heterocycles. The molecule has 1 amide bonds. The molecule has 4 nitrogen and oxygen atoms in total. The first-order valence-electron chi connectivity index (χ1n) is 4.54. The van der Waals surface area contributed by atoms with Gasteiger partial charge in [-0.15, -0.1) is 0 Å². The number of rotatable bonds is 2. The maximum Gasteiger partial charge on any atom is 0.264 e. The van der Waals surface area contributed by atoms with Crippen LogP contribution in [0.2, 0.25) is 0 Å². The molecule has 0 bridgehead atoms. The highest BCUT2D eigenvalue weighted by molar-refractivity contribution is 5.96. The third-order valence-electron chi connectivity index (χ3n) is 2.27. The quantitative estimate of drug-likeness (QED) is 0.738. The Bertz CT molecular complexity index is 426. The lowest BCUT2D eigenvalue weighted by Gasteiger charge is -2.25. The minimum absolute atomic E-state index is 0.356. The van der Waals surface area contributed by atoms with Crippen molar-refractivity contribution in [2.75, 3.05) is 7.11 Å². The first kappa shape index (κ1) is 9.73. The standard InChI is InChI=1S/C11H11N2O2/c1-15-11-8-5-3-2-4-7(8)6-9(13-11)10(12)14/h2-4,6,11,13H,1H3,(H2,12,14). The van der Waals surface area contributed by atoms with E-state index in [0.29, 0.717) is 5.70 Å². The summed E-state index contributed by atoms with van der Waals surface area (Å²) in [5.41, 5.74) is 7.34. The first-order valence-corrected chi connectivity index (χ1v) is 4.54. The lowest BCUT2D eigenvalue weighted by molar-refractivity contribution is -0.115. The van der Waals surface area contributed by atoms with Gasteiger partial charge in [0.2, 0.25) is 0 Å². The number of primary amides is 1. The number of hydrogen-bond acceptors (Lipinski definition) is 3. The number of carbonyl (C=O) groups is 1. The molecule has 1 unspecified atom stereocenters. The average molecular weight is 203 g/mol. The maximum absolute atomic E-state index is 11.1. The van der Waals surface area contributed by atoms with Gasteiger partial charge in [0.15, 0.2) is 6.23 Å². The molecular formula is C11H11N2O2. The normalized spacial score (nSPS) is 18.7. The Balaban J connectivity index is 2.48. The predicted molar refractivity (Wildman–Crippen MR) is 55.3 cm³/mol. The summed E-state index contributed by atoms with van der Waals surface area (Å²) in [6, 6.07) is 8.61. The third kappa shape index (κ3) is 1.71. The van der Waals surface area contributed by atoms with E-state index < -0.39 is 5.91 Å². The Kier molecular flexibility index (Phi) is 2.43. The van der Waals surface area contributed by atoms with Gasteiger partial charge in [-0.25, -0.2) is 0 Å². The van der Waals surface area contributed by atoms with E-state index in [4.69, 9.17) is 10.5 Å². The van der Waals surface area contributed by atoms with E-state index in [1.165, 1.54) is 0 Å². The lowest BCUT2D eigenvalue weighted by atomic mass is 10.0. The highest BCUT2D eigenvalue weighted by Gasteiger charge is 2.21. The Hall–Kier alpha value is -1.81. The van der Waals surface area contributed by atoms with E-state index in [0.717, 1.165) is 11.1 Å². The summed E-state index contributed by atoms with van der Waals surface area (Å²) < 4.78 is 5.21. The molecule has 0 saturated carbocycles. The van der Waals surface area contributed by atoms with Gasteiger partial charge < -0.3 is 15.8 Å². The summed E-state index contributed by atoms with van der Waals surface area (Å²) in [5.74, 6) is -0.494. The van der Waals surface area contributed by atoms with Crippen molar-refractivity contribution in [3.63, 3.8) is 0 Å². The molecule has 0 fully saturated rings. The summed E-state index contributed by atoms with van der Waals surface area (Å²) >= 11 is 0. The minimum Gasteiger partial charge on any atom is -0.364 e. The maximum atomic E-state index is 11.1. The molecule has 0 aromatic heterocycles. The molecule has 1 aromatic carbocycles. The second-order valence-corrected chi connectivity index (χ2v) is 3.22. The monoisotopic (exact) mass is 203 g/mol. The molecule has 1 heterocycles. The van der Waals surface area contributed by atoms with Gasteiger partial charge in [0.05, 0.1) is 0 Å². The number of carbonyl (C=O) groups excluding carboxylic acids is 1. The van der Waals surface area contributed by atoms with Gasteiger partial charge in [0.25, 0.3) is 5.91 Å². The van der Waals surface area contributed by atoms with E-state index in [-0.39, 0.29) is 6.23 Å². The van der Waals surface area contributed by atoms with Crippen LogP contribution in [0.5, 0.6) is 0 Å². The van der Waals surface area contributed by atoms with Crippen molar-refractivity contribution in [2.24, 2.45) is 5.73 Å². The third-order valence-corrected chi connectivity index (χ3v) is 2.27. The molecule has 0 spiro atoms. The molecular weight excluding hydrogens is 192 g/mol. The van der Waals surface area contributed by atoms with E-state index in [9.17, 15) is 4.79 Å². The molecule has 1 aromatic rings. The zero-order valence-corrected chi connectivity index (χ0v) is 8.28. The molecule has 1 atom stereocenters.